The molecule has 1 saturated heterocycles. The van der Waals surface area contributed by atoms with Crippen LogP contribution in [0.4, 0.5) is 4.39 Å². The molecule has 2 aromatic rings. The fourth-order valence-corrected chi connectivity index (χ4v) is 3.57. The molecule has 0 saturated carbocycles. The predicted octanol–water partition coefficient (Wildman–Crippen LogP) is 3.59. The van der Waals surface area contributed by atoms with Gasteiger partial charge in [-0.1, -0.05) is 26.0 Å². The summed E-state index contributed by atoms with van der Waals surface area (Å²) in [4.78, 5) is 21.3. The minimum absolute atomic E-state index is 0.0485. The molecule has 3 rings (SSSR count). The van der Waals surface area contributed by atoms with E-state index in [1.807, 2.05) is 23.1 Å². The second-order valence-electron chi connectivity index (χ2n) is 7.25. The maximum atomic E-state index is 13.2. The number of hydrogen-bond donors (Lipinski definition) is 0. The molecule has 1 unspecified atom stereocenters. The topological polar surface area (TPSA) is 36.4 Å². The molecule has 0 bridgehead atoms. The van der Waals surface area contributed by atoms with Gasteiger partial charge >= 0.3 is 0 Å². The highest BCUT2D eigenvalue weighted by Gasteiger charge is 2.29. The molecule has 1 amide bonds. The zero-order valence-corrected chi connectivity index (χ0v) is 15.4. The first-order valence-electron chi connectivity index (χ1n) is 9.22. The zero-order valence-electron chi connectivity index (χ0n) is 15.4. The summed E-state index contributed by atoms with van der Waals surface area (Å²) in [5.41, 5.74) is 1.74. The molecule has 1 fully saturated rings. The molecule has 0 aliphatic carbocycles. The summed E-state index contributed by atoms with van der Waals surface area (Å²) in [6.45, 7) is 7.54. The molecule has 1 aliphatic rings. The Hall–Kier alpha value is -2.27. The number of carbonyl (C=O) groups is 1. The normalized spacial score (nSPS) is 18.8. The van der Waals surface area contributed by atoms with Crippen LogP contribution in [-0.4, -0.2) is 46.4 Å². The number of nitrogens with zero attached hydrogens (tertiary/aromatic N) is 3. The van der Waals surface area contributed by atoms with Crippen LogP contribution in [-0.2, 0) is 6.54 Å². The van der Waals surface area contributed by atoms with Gasteiger partial charge in [-0.25, -0.2) is 4.39 Å². The summed E-state index contributed by atoms with van der Waals surface area (Å²) < 4.78 is 13.2. The van der Waals surface area contributed by atoms with E-state index in [2.05, 4.69) is 23.7 Å². The van der Waals surface area contributed by atoms with E-state index in [-0.39, 0.29) is 17.8 Å². The highest BCUT2D eigenvalue weighted by atomic mass is 19.1. The number of benzene rings is 1. The van der Waals surface area contributed by atoms with Crippen LogP contribution in [0.15, 0.2) is 48.8 Å². The first-order chi connectivity index (χ1) is 12.5. The number of amides is 1. The molecule has 1 atom stereocenters. The molecule has 2 heterocycles. The average Bonchev–Trinajstić information content (AvgIpc) is 2.86. The van der Waals surface area contributed by atoms with Crippen LogP contribution in [0.3, 0.4) is 0 Å². The summed E-state index contributed by atoms with van der Waals surface area (Å²) >= 11 is 0. The molecule has 0 spiro atoms. The van der Waals surface area contributed by atoms with Gasteiger partial charge in [0.15, 0.2) is 0 Å². The Morgan fingerprint density at radius 1 is 1.23 bits per heavy atom. The third-order valence-corrected chi connectivity index (χ3v) is 5.01. The molecule has 1 aliphatic heterocycles. The highest BCUT2D eigenvalue weighted by Crippen LogP contribution is 2.21. The summed E-state index contributed by atoms with van der Waals surface area (Å²) in [7, 11) is 0. The van der Waals surface area contributed by atoms with Crippen LogP contribution in [0, 0.1) is 11.7 Å². The minimum atomic E-state index is -0.210. The summed E-state index contributed by atoms with van der Waals surface area (Å²) in [5.74, 6) is 0.253. The maximum Gasteiger partial charge on any atom is 0.255 e. The van der Waals surface area contributed by atoms with E-state index in [9.17, 15) is 9.18 Å². The molecule has 1 aromatic carbocycles. The molecule has 26 heavy (non-hydrogen) atoms. The molecule has 4 nitrogen and oxygen atoms in total. The van der Waals surface area contributed by atoms with Crippen molar-refractivity contribution in [1.29, 1.82) is 0 Å². The third kappa shape index (κ3) is 4.47. The monoisotopic (exact) mass is 355 g/mol. The van der Waals surface area contributed by atoms with Crippen LogP contribution in [0.5, 0.6) is 0 Å². The Morgan fingerprint density at radius 3 is 2.65 bits per heavy atom. The van der Waals surface area contributed by atoms with Crippen molar-refractivity contribution < 1.29 is 9.18 Å². The van der Waals surface area contributed by atoms with Crippen molar-refractivity contribution >= 4 is 5.91 Å². The van der Waals surface area contributed by atoms with E-state index in [0.29, 0.717) is 18.0 Å². The van der Waals surface area contributed by atoms with Crippen molar-refractivity contribution in [3.8, 4) is 0 Å². The Kier molecular flexibility index (Phi) is 5.99. The van der Waals surface area contributed by atoms with Gasteiger partial charge in [0.1, 0.15) is 5.82 Å². The molecular weight excluding hydrogens is 329 g/mol. The summed E-state index contributed by atoms with van der Waals surface area (Å²) in [6, 6.07) is 10.6. The Balaban J connectivity index is 1.75. The van der Waals surface area contributed by atoms with E-state index in [4.69, 9.17) is 0 Å². The van der Waals surface area contributed by atoms with Crippen molar-refractivity contribution in [2.24, 2.45) is 5.92 Å². The van der Waals surface area contributed by atoms with Gasteiger partial charge in [-0.3, -0.25) is 14.7 Å². The number of hydrogen-bond acceptors (Lipinski definition) is 3. The Labute approximate surface area is 154 Å². The van der Waals surface area contributed by atoms with Crippen LogP contribution in [0.1, 0.15) is 36.2 Å². The first kappa shape index (κ1) is 18.5. The number of aromatic nitrogens is 1. The van der Waals surface area contributed by atoms with Gasteiger partial charge in [0, 0.05) is 44.6 Å². The first-order valence-corrected chi connectivity index (χ1v) is 9.22. The fourth-order valence-electron chi connectivity index (χ4n) is 3.57. The van der Waals surface area contributed by atoms with Crippen molar-refractivity contribution in [3.63, 3.8) is 0 Å². The lowest BCUT2D eigenvalue weighted by Crippen LogP contribution is -2.45. The molecular formula is C21H26FN3O. The van der Waals surface area contributed by atoms with E-state index < -0.39 is 0 Å². The van der Waals surface area contributed by atoms with Gasteiger partial charge in [-0.05, 0) is 42.2 Å². The lowest BCUT2D eigenvalue weighted by atomic mass is 10.0. The van der Waals surface area contributed by atoms with Crippen molar-refractivity contribution in [3.05, 3.63) is 65.7 Å². The predicted molar refractivity (Wildman–Crippen MR) is 100 cm³/mol. The van der Waals surface area contributed by atoms with Crippen LogP contribution < -0.4 is 0 Å². The van der Waals surface area contributed by atoms with Crippen molar-refractivity contribution in [1.82, 2.24) is 14.8 Å². The molecule has 138 valence electrons. The second-order valence-corrected chi connectivity index (χ2v) is 7.25. The van der Waals surface area contributed by atoms with Gasteiger partial charge in [0.05, 0.1) is 5.56 Å². The van der Waals surface area contributed by atoms with Gasteiger partial charge in [0.25, 0.3) is 5.91 Å². The van der Waals surface area contributed by atoms with E-state index >= 15 is 0 Å². The maximum absolute atomic E-state index is 13.2. The largest absolute Gasteiger partial charge is 0.337 e. The standard InChI is InChI=1S/C21H26FN3O/c1-16(2)20-15-25(21(26)18-5-3-10-23-13-18)12-4-11-24(20)14-17-6-8-19(22)9-7-17/h3,5-10,13,16,20H,4,11-12,14-15H2,1-2H3. The molecule has 0 N–H and O–H groups in total. The highest BCUT2D eigenvalue weighted by molar-refractivity contribution is 5.93. The van der Waals surface area contributed by atoms with Gasteiger partial charge in [-0.15, -0.1) is 0 Å². The van der Waals surface area contributed by atoms with Gasteiger partial charge in [0.2, 0.25) is 0 Å². The number of halogens is 1. The SMILES string of the molecule is CC(C)C1CN(C(=O)c2cccnc2)CCCN1Cc1ccc(F)cc1. The summed E-state index contributed by atoms with van der Waals surface area (Å²) in [6.07, 6.45) is 4.24. The van der Waals surface area contributed by atoms with Crippen LogP contribution in [0.2, 0.25) is 0 Å². The van der Waals surface area contributed by atoms with E-state index in [1.54, 1.807) is 18.5 Å². The zero-order chi connectivity index (χ0) is 18.5. The van der Waals surface area contributed by atoms with E-state index in [1.165, 1.54) is 12.1 Å². The lowest BCUT2D eigenvalue weighted by molar-refractivity contribution is 0.0702. The van der Waals surface area contributed by atoms with Gasteiger partial charge in [-0.2, -0.15) is 0 Å². The molecule has 0 radical (unpaired) electrons. The van der Waals surface area contributed by atoms with E-state index in [0.717, 1.165) is 31.6 Å². The lowest BCUT2D eigenvalue weighted by Gasteiger charge is -2.34. The van der Waals surface area contributed by atoms with Gasteiger partial charge < -0.3 is 4.90 Å². The van der Waals surface area contributed by atoms with Crippen LogP contribution >= 0.6 is 0 Å². The number of pyridine rings is 1. The molecule has 5 heteroatoms. The number of rotatable bonds is 4. The van der Waals surface area contributed by atoms with Crippen molar-refractivity contribution in [2.75, 3.05) is 19.6 Å². The average molecular weight is 355 g/mol. The third-order valence-electron chi connectivity index (χ3n) is 5.01. The minimum Gasteiger partial charge on any atom is -0.337 e. The number of carbonyl (C=O) groups excluding carboxylic acids is 1. The van der Waals surface area contributed by atoms with Crippen LogP contribution in [0.25, 0.3) is 0 Å². The summed E-state index contributed by atoms with van der Waals surface area (Å²) in [5, 5.41) is 0. The Morgan fingerprint density at radius 2 is 2.00 bits per heavy atom. The fraction of sp³-hybridized carbons (Fsp3) is 0.429. The second kappa shape index (κ2) is 8.41. The smallest absolute Gasteiger partial charge is 0.255 e. The Bertz CT molecular complexity index is 718. The quantitative estimate of drug-likeness (QED) is 0.841. The molecule has 1 aromatic heterocycles. The van der Waals surface area contributed by atoms with Crippen molar-refractivity contribution in [2.45, 2.75) is 32.9 Å².